The summed E-state index contributed by atoms with van der Waals surface area (Å²) in [4.78, 5) is 12.3. The maximum atomic E-state index is 13.5. The first-order valence-corrected chi connectivity index (χ1v) is 19.0. The molecule has 0 aromatic heterocycles. The fourth-order valence-corrected chi connectivity index (χ4v) is 7.12. The van der Waals surface area contributed by atoms with E-state index in [0.29, 0.717) is 6.42 Å². The third-order valence-corrected chi connectivity index (χ3v) is 9.79. The molecule has 0 aromatic carbocycles. The van der Waals surface area contributed by atoms with Crippen LogP contribution >= 0.6 is 19.6 Å². The van der Waals surface area contributed by atoms with Crippen molar-refractivity contribution in [3.05, 3.63) is 0 Å². The van der Waals surface area contributed by atoms with Crippen LogP contribution in [0, 0.1) is 5.41 Å². The Balaban J connectivity index is 4.86. The highest BCUT2D eigenvalue weighted by atomic mass is 32.2. The monoisotopic (exact) mass is 608 g/mol. The predicted molar refractivity (Wildman–Crippen MR) is 172 cm³/mol. The van der Waals surface area contributed by atoms with Crippen molar-refractivity contribution in [2.24, 2.45) is 5.41 Å². The Kier molecular flexibility index (Phi) is 25.1. The Morgan fingerprint density at radius 3 is 1.75 bits per heavy atom. The summed E-state index contributed by atoms with van der Waals surface area (Å²) in [5.41, 5.74) is -0.227. The van der Waals surface area contributed by atoms with Crippen LogP contribution in [0.5, 0.6) is 0 Å². The van der Waals surface area contributed by atoms with Crippen LogP contribution in [0.2, 0.25) is 0 Å². The minimum Gasteiger partial charge on any atom is -0.433 e. The summed E-state index contributed by atoms with van der Waals surface area (Å²) in [5.74, 6) is 1.05. The summed E-state index contributed by atoms with van der Waals surface area (Å²) in [7, 11) is -4.09. The first kappa shape index (κ1) is 39.8. The highest BCUT2D eigenvalue weighted by molar-refractivity contribution is 7.99. The van der Waals surface area contributed by atoms with Gasteiger partial charge in [-0.25, -0.2) is 9.36 Å². The molecular weight excluding hydrogens is 543 g/mol. The number of phosphoric ester groups is 1. The molecule has 0 aliphatic rings. The number of hydrogen-bond acceptors (Lipinski definition) is 7. The van der Waals surface area contributed by atoms with Crippen LogP contribution in [0.1, 0.15) is 164 Å². The smallest absolute Gasteiger partial charge is 0.433 e. The Hall–Kier alpha value is -0.230. The summed E-state index contributed by atoms with van der Waals surface area (Å²) in [6, 6.07) is 0. The summed E-state index contributed by atoms with van der Waals surface area (Å²) < 4.78 is 35.2. The fourth-order valence-electron chi connectivity index (χ4n) is 4.35. The van der Waals surface area contributed by atoms with E-state index in [1.54, 1.807) is 0 Å². The van der Waals surface area contributed by atoms with E-state index in [1.165, 1.54) is 96.3 Å². The van der Waals surface area contributed by atoms with Gasteiger partial charge in [0, 0.05) is 5.25 Å². The van der Waals surface area contributed by atoms with E-state index in [1.807, 2.05) is 46.4 Å². The quantitative estimate of drug-likeness (QED) is 0.0522. The van der Waals surface area contributed by atoms with E-state index in [4.69, 9.17) is 18.3 Å². The van der Waals surface area contributed by atoms with Crippen LogP contribution in [0.15, 0.2) is 0 Å². The molecule has 0 aromatic rings. The van der Waals surface area contributed by atoms with Gasteiger partial charge in [0.1, 0.15) is 0 Å². The van der Waals surface area contributed by atoms with Crippen LogP contribution in [0.4, 0.5) is 4.79 Å². The van der Waals surface area contributed by atoms with Crippen LogP contribution in [0.3, 0.4) is 0 Å². The molecule has 0 aliphatic heterocycles. The molecule has 240 valence electrons. The maximum Gasteiger partial charge on any atom is 0.534 e. The van der Waals surface area contributed by atoms with Crippen molar-refractivity contribution in [1.82, 2.24) is 0 Å². The highest BCUT2D eigenvalue weighted by Gasteiger charge is 2.37. The van der Waals surface area contributed by atoms with Gasteiger partial charge in [-0.1, -0.05) is 138 Å². The van der Waals surface area contributed by atoms with Crippen molar-refractivity contribution in [2.45, 2.75) is 175 Å². The van der Waals surface area contributed by atoms with E-state index in [2.05, 4.69) is 13.8 Å². The number of carbonyl (C=O) groups is 1. The van der Waals surface area contributed by atoms with Gasteiger partial charge < -0.3 is 9.26 Å². The molecule has 0 N–H and O–H groups in total. The SMILES string of the molecule is CCCCCCCCCCCCSC(CCCCCCCC)C(C)OP(=O)(OCCC)OC(=O)OCC(C)(C)C. The average Bonchev–Trinajstić information content (AvgIpc) is 2.89. The minimum absolute atomic E-state index is 0.157. The van der Waals surface area contributed by atoms with Crippen molar-refractivity contribution in [3.63, 3.8) is 0 Å². The summed E-state index contributed by atoms with van der Waals surface area (Å²) in [5, 5.41) is 0.164. The molecule has 40 heavy (non-hydrogen) atoms. The lowest BCUT2D eigenvalue weighted by Gasteiger charge is -2.27. The van der Waals surface area contributed by atoms with E-state index < -0.39 is 14.0 Å². The normalized spacial score (nSPS) is 15.0. The summed E-state index contributed by atoms with van der Waals surface area (Å²) >= 11 is 1.90. The second-order valence-electron chi connectivity index (χ2n) is 12.4. The van der Waals surface area contributed by atoms with Gasteiger partial charge in [-0.15, -0.1) is 0 Å². The first-order chi connectivity index (χ1) is 19.1. The maximum absolute atomic E-state index is 13.5. The number of hydrogen-bond donors (Lipinski definition) is 0. The van der Waals surface area contributed by atoms with Crippen molar-refractivity contribution < 1.29 is 27.7 Å². The predicted octanol–water partition coefficient (Wildman–Crippen LogP) is 11.9. The molecule has 0 fully saturated rings. The van der Waals surface area contributed by atoms with Gasteiger partial charge in [-0.2, -0.15) is 11.8 Å². The third kappa shape index (κ3) is 24.4. The largest absolute Gasteiger partial charge is 0.534 e. The zero-order valence-electron chi connectivity index (χ0n) is 27.3. The number of rotatable bonds is 27. The molecule has 0 spiro atoms. The third-order valence-electron chi connectivity index (χ3n) is 6.75. The standard InChI is InChI=1S/C32H65O6PS/c1-8-11-13-15-17-18-19-20-22-24-27-40-30(25-23-21-16-14-12-9-2)29(4)37-39(34,36-26-10-3)38-31(33)35-28-32(5,6)7/h29-30H,8-28H2,1-7H3. The van der Waals surface area contributed by atoms with Crippen molar-refractivity contribution >= 4 is 25.7 Å². The zero-order valence-corrected chi connectivity index (χ0v) is 29.0. The molecule has 0 bridgehead atoms. The van der Waals surface area contributed by atoms with Gasteiger partial charge in [0.2, 0.25) is 0 Å². The lowest BCUT2D eigenvalue weighted by Crippen LogP contribution is -2.25. The molecule has 6 nitrogen and oxygen atoms in total. The minimum atomic E-state index is -4.09. The van der Waals surface area contributed by atoms with Gasteiger partial charge >= 0.3 is 14.0 Å². The zero-order chi connectivity index (χ0) is 30.1. The van der Waals surface area contributed by atoms with Crippen molar-refractivity contribution in [1.29, 1.82) is 0 Å². The van der Waals surface area contributed by atoms with E-state index in [9.17, 15) is 9.36 Å². The number of carbonyl (C=O) groups excluding carboxylic acids is 1. The van der Waals surface area contributed by atoms with E-state index in [0.717, 1.165) is 18.6 Å². The second-order valence-corrected chi connectivity index (χ2v) is 15.3. The summed E-state index contributed by atoms with van der Waals surface area (Å²) in [6.45, 7) is 14.5. The van der Waals surface area contributed by atoms with Crippen molar-refractivity contribution in [3.8, 4) is 0 Å². The molecule has 3 atom stereocenters. The molecule has 0 radical (unpaired) electrons. The van der Waals surface area contributed by atoms with E-state index in [-0.39, 0.29) is 30.0 Å². The number of unbranched alkanes of at least 4 members (excludes halogenated alkanes) is 14. The molecule has 0 amide bonds. The average molecular weight is 609 g/mol. The number of ether oxygens (including phenoxy) is 1. The van der Waals surface area contributed by atoms with Gasteiger partial charge in [-0.05, 0) is 37.4 Å². The van der Waals surface area contributed by atoms with Crippen LogP contribution in [-0.2, 0) is 22.9 Å². The lowest BCUT2D eigenvalue weighted by molar-refractivity contribution is 0.0401. The molecule has 0 heterocycles. The lowest BCUT2D eigenvalue weighted by atomic mass is 9.99. The van der Waals surface area contributed by atoms with Crippen LogP contribution < -0.4 is 0 Å². The highest BCUT2D eigenvalue weighted by Crippen LogP contribution is 2.52. The number of thioether (sulfide) groups is 1. The van der Waals surface area contributed by atoms with Gasteiger partial charge in [0.15, 0.2) is 0 Å². The summed E-state index contributed by atoms with van der Waals surface area (Å²) in [6.07, 6.45) is 20.8. The fraction of sp³-hybridized carbons (Fsp3) is 0.969. The Labute approximate surface area is 252 Å². The van der Waals surface area contributed by atoms with Crippen LogP contribution in [0.25, 0.3) is 0 Å². The molecule has 0 aliphatic carbocycles. The Morgan fingerprint density at radius 2 is 1.25 bits per heavy atom. The first-order valence-electron chi connectivity index (χ1n) is 16.5. The van der Waals surface area contributed by atoms with E-state index >= 15 is 0 Å². The van der Waals surface area contributed by atoms with Gasteiger partial charge in [0.05, 0.1) is 19.3 Å². The Bertz CT molecular complexity index is 639. The van der Waals surface area contributed by atoms with Gasteiger partial charge in [0.25, 0.3) is 0 Å². The molecular formula is C32H65O6PS. The Morgan fingerprint density at radius 1 is 0.750 bits per heavy atom. The molecule has 0 rings (SSSR count). The molecule has 3 unspecified atom stereocenters. The molecule has 0 saturated carbocycles. The number of phosphoric acid groups is 1. The van der Waals surface area contributed by atoms with Crippen molar-refractivity contribution in [2.75, 3.05) is 19.0 Å². The topological polar surface area (TPSA) is 71.1 Å². The van der Waals surface area contributed by atoms with Crippen LogP contribution in [-0.4, -0.2) is 36.5 Å². The molecule has 8 heteroatoms. The van der Waals surface area contributed by atoms with Gasteiger partial charge in [-0.3, -0.25) is 9.05 Å². The molecule has 0 saturated heterocycles. The second kappa shape index (κ2) is 25.3.